The van der Waals surface area contributed by atoms with E-state index >= 15 is 0 Å². The Bertz CT molecular complexity index is 208. The molecule has 0 aliphatic rings. The first-order valence-electron chi connectivity index (χ1n) is 4.16. The molecular formula is C9H15NOS. The van der Waals surface area contributed by atoms with Gasteiger partial charge in [0.2, 0.25) is 0 Å². The van der Waals surface area contributed by atoms with Crippen LogP contribution in [0.1, 0.15) is 18.2 Å². The summed E-state index contributed by atoms with van der Waals surface area (Å²) in [5, 5.41) is 11.5. The number of hydrogen-bond acceptors (Lipinski definition) is 3. The molecule has 3 heteroatoms. The van der Waals surface area contributed by atoms with Crippen LogP contribution in [0.15, 0.2) is 17.5 Å². The minimum atomic E-state index is -0.368. The molecule has 1 heterocycles. The first-order chi connectivity index (χ1) is 5.70. The van der Waals surface area contributed by atoms with Gasteiger partial charge in [0.15, 0.2) is 0 Å². The summed E-state index contributed by atoms with van der Waals surface area (Å²) in [5.41, 5.74) is 5.53. The Labute approximate surface area is 77.0 Å². The highest BCUT2D eigenvalue weighted by molar-refractivity contribution is 7.09. The Hall–Kier alpha value is -0.380. The van der Waals surface area contributed by atoms with Gasteiger partial charge in [-0.3, -0.25) is 0 Å². The van der Waals surface area contributed by atoms with Crippen LogP contribution in [0.4, 0.5) is 0 Å². The Balaban J connectivity index is 2.27. The van der Waals surface area contributed by atoms with E-state index < -0.39 is 0 Å². The van der Waals surface area contributed by atoms with Crippen molar-refractivity contribution in [3.63, 3.8) is 0 Å². The SMILES string of the molecule is CC(N)C(O)CCc1cccs1. The molecule has 2 unspecified atom stereocenters. The topological polar surface area (TPSA) is 46.2 Å². The maximum absolute atomic E-state index is 9.40. The van der Waals surface area contributed by atoms with Crippen molar-refractivity contribution in [1.29, 1.82) is 0 Å². The van der Waals surface area contributed by atoms with Crippen molar-refractivity contribution in [3.05, 3.63) is 22.4 Å². The number of thiophene rings is 1. The minimum Gasteiger partial charge on any atom is -0.392 e. The molecule has 0 saturated heterocycles. The Kier molecular flexibility index (Phi) is 3.72. The zero-order valence-electron chi connectivity index (χ0n) is 7.23. The van der Waals surface area contributed by atoms with E-state index in [2.05, 4.69) is 6.07 Å². The summed E-state index contributed by atoms with van der Waals surface area (Å²) < 4.78 is 0. The third-order valence-corrected chi connectivity index (χ3v) is 2.81. The maximum atomic E-state index is 9.40. The molecule has 12 heavy (non-hydrogen) atoms. The van der Waals surface area contributed by atoms with Gasteiger partial charge in [0.25, 0.3) is 0 Å². The second-order valence-corrected chi connectivity index (χ2v) is 4.08. The molecule has 0 saturated carbocycles. The van der Waals surface area contributed by atoms with E-state index in [1.807, 2.05) is 18.4 Å². The summed E-state index contributed by atoms with van der Waals surface area (Å²) in [5.74, 6) is 0. The quantitative estimate of drug-likeness (QED) is 0.744. The number of aliphatic hydroxyl groups is 1. The highest BCUT2D eigenvalue weighted by atomic mass is 32.1. The van der Waals surface area contributed by atoms with E-state index in [9.17, 15) is 5.11 Å². The fourth-order valence-corrected chi connectivity index (χ4v) is 1.73. The van der Waals surface area contributed by atoms with Crippen LogP contribution in [0.25, 0.3) is 0 Å². The lowest BCUT2D eigenvalue weighted by molar-refractivity contribution is 0.142. The predicted molar refractivity (Wildman–Crippen MR) is 52.3 cm³/mol. The Morgan fingerprint density at radius 1 is 1.67 bits per heavy atom. The Morgan fingerprint density at radius 3 is 2.92 bits per heavy atom. The highest BCUT2D eigenvalue weighted by Crippen LogP contribution is 2.12. The van der Waals surface area contributed by atoms with Crippen molar-refractivity contribution in [3.8, 4) is 0 Å². The Morgan fingerprint density at radius 2 is 2.42 bits per heavy atom. The second kappa shape index (κ2) is 4.60. The lowest BCUT2D eigenvalue weighted by atomic mass is 10.1. The summed E-state index contributed by atoms with van der Waals surface area (Å²) >= 11 is 1.72. The molecule has 0 radical (unpaired) electrons. The largest absolute Gasteiger partial charge is 0.392 e. The van der Waals surface area contributed by atoms with Crippen molar-refractivity contribution in [2.45, 2.75) is 31.9 Å². The van der Waals surface area contributed by atoms with Gasteiger partial charge in [0.05, 0.1) is 6.10 Å². The summed E-state index contributed by atoms with van der Waals surface area (Å²) in [6.45, 7) is 1.83. The summed E-state index contributed by atoms with van der Waals surface area (Å²) in [6.07, 6.45) is 1.32. The molecule has 1 aromatic heterocycles. The maximum Gasteiger partial charge on any atom is 0.0691 e. The second-order valence-electron chi connectivity index (χ2n) is 3.04. The van der Waals surface area contributed by atoms with E-state index in [1.165, 1.54) is 4.88 Å². The third kappa shape index (κ3) is 2.93. The highest BCUT2D eigenvalue weighted by Gasteiger charge is 2.09. The van der Waals surface area contributed by atoms with Crippen LogP contribution in [-0.2, 0) is 6.42 Å². The molecular weight excluding hydrogens is 170 g/mol. The van der Waals surface area contributed by atoms with Crippen LogP contribution >= 0.6 is 11.3 Å². The normalized spacial score (nSPS) is 15.9. The number of hydrogen-bond donors (Lipinski definition) is 2. The summed E-state index contributed by atoms with van der Waals surface area (Å²) in [7, 11) is 0. The molecule has 1 aromatic rings. The number of rotatable bonds is 4. The molecule has 0 aliphatic heterocycles. The smallest absolute Gasteiger partial charge is 0.0691 e. The van der Waals surface area contributed by atoms with Gasteiger partial charge < -0.3 is 10.8 Å². The molecule has 0 bridgehead atoms. The first kappa shape index (κ1) is 9.71. The van der Waals surface area contributed by atoms with E-state index in [0.717, 1.165) is 12.8 Å². The van der Waals surface area contributed by atoms with Crippen LogP contribution in [0.2, 0.25) is 0 Å². The fraction of sp³-hybridized carbons (Fsp3) is 0.556. The van der Waals surface area contributed by atoms with Gasteiger partial charge in [0.1, 0.15) is 0 Å². The van der Waals surface area contributed by atoms with Crippen molar-refractivity contribution in [2.24, 2.45) is 5.73 Å². The van der Waals surface area contributed by atoms with Gasteiger partial charge in [-0.25, -0.2) is 0 Å². The lowest BCUT2D eigenvalue weighted by Crippen LogP contribution is -2.31. The van der Waals surface area contributed by atoms with Gasteiger partial charge >= 0.3 is 0 Å². The summed E-state index contributed by atoms with van der Waals surface area (Å²) in [4.78, 5) is 1.31. The molecule has 0 amide bonds. The van der Waals surface area contributed by atoms with Crippen LogP contribution in [0.5, 0.6) is 0 Å². The van der Waals surface area contributed by atoms with Crippen molar-refractivity contribution in [1.82, 2.24) is 0 Å². The molecule has 0 spiro atoms. The number of aliphatic hydroxyl groups excluding tert-OH is 1. The zero-order chi connectivity index (χ0) is 8.97. The van der Waals surface area contributed by atoms with E-state index in [-0.39, 0.29) is 12.1 Å². The molecule has 0 fully saturated rings. The van der Waals surface area contributed by atoms with Crippen LogP contribution in [0, 0.1) is 0 Å². The van der Waals surface area contributed by atoms with Crippen LogP contribution in [0.3, 0.4) is 0 Å². The third-order valence-electron chi connectivity index (χ3n) is 1.87. The average Bonchev–Trinajstić information content (AvgIpc) is 2.51. The monoisotopic (exact) mass is 185 g/mol. The lowest BCUT2D eigenvalue weighted by Gasteiger charge is -2.12. The molecule has 68 valence electrons. The van der Waals surface area contributed by atoms with E-state index in [0.29, 0.717) is 0 Å². The molecule has 2 nitrogen and oxygen atoms in total. The van der Waals surface area contributed by atoms with Crippen LogP contribution < -0.4 is 5.73 Å². The van der Waals surface area contributed by atoms with Gasteiger partial charge in [-0.05, 0) is 31.2 Å². The zero-order valence-corrected chi connectivity index (χ0v) is 8.05. The van der Waals surface area contributed by atoms with Gasteiger partial charge in [-0.1, -0.05) is 6.07 Å². The van der Waals surface area contributed by atoms with Gasteiger partial charge in [-0.15, -0.1) is 11.3 Å². The first-order valence-corrected chi connectivity index (χ1v) is 5.04. The fourth-order valence-electron chi connectivity index (χ4n) is 1.01. The van der Waals surface area contributed by atoms with E-state index in [4.69, 9.17) is 5.73 Å². The average molecular weight is 185 g/mol. The number of aryl methyl sites for hydroxylation is 1. The molecule has 3 N–H and O–H groups in total. The van der Waals surface area contributed by atoms with Crippen LogP contribution in [-0.4, -0.2) is 17.3 Å². The molecule has 1 rings (SSSR count). The van der Waals surface area contributed by atoms with Crippen molar-refractivity contribution < 1.29 is 5.11 Å². The van der Waals surface area contributed by atoms with Crippen molar-refractivity contribution >= 4 is 11.3 Å². The van der Waals surface area contributed by atoms with E-state index in [1.54, 1.807) is 11.3 Å². The van der Waals surface area contributed by atoms with Gasteiger partial charge in [-0.2, -0.15) is 0 Å². The van der Waals surface area contributed by atoms with Crippen molar-refractivity contribution in [2.75, 3.05) is 0 Å². The minimum absolute atomic E-state index is 0.120. The standard InChI is InChI=1S/C9H15NOS/c1-7(10)9(11)5-4-8-3-2-6-12-8/h2-3,6-7,9,11H,4-5,10H2,1H3. The number of nitrogens with two attached hydrogens (primary N) is 1. The van der Waals surface area contributed by atoms with Gasteiger partial charge in [0, 0.05) is 10.9 Å². The molecule has 0 aliphatic carbocycles. The molecule has 0 aromatic carbocycles. The molecule has 2 atom stereocenters. The summed E-state index contributed by atoms with van der Waals surface area (Å²) in [6, 6.07) is 3.99. The predicted octanol–water partition coefficient (Wildman–Crippen LogP) is 1.39.